The van der Waals surface area contributed by atoms with Gasteiger partial charge < -0.3 is 9.32 Å². The lowest BCUT2D eigenvalue weighted by atomic mass is 10.2. The molecule has 0 saturated carbocycles. The van der Waals surface area contributed by atoms with Gasteiger partial charge in [0.1, 0.15) is 11.0 Å². The van der Waals surface area contributed by atoms with Gasteiger partial charge in [-0.25, -0.2) is 8.42 Å². The highest BCUT2D eigenvalue weighted by molar-refractivity contribution is 8.14. The molecule has 0 radical (unpaired) electrons. The molecule has 1 atom stereocenters. The first kappa shape index (κ1) is 13.4. The SMILES string of the molecule is O=C1CC(S(=O)(=O)Cl)CN1CCCc1ccco1. The highest BCUT2D eigenvalue weighted by atomic mass is 35.7. The van der Waals surface area contributed by atoms with Gasteiger partial charge in [0.2, 0.25) is 15.0 Å². The molecule has 0 N–H and O–H groups in total. The van der Waals surface area contributed by atoms with Crippen molar-refractivity contribution in [2.75, 3.05) is 13.1 Å². The summed E-state index contributed by atoms with van der Waals surface area (Å²) in [5.74, 6) is 0.715. The molecule has 0 aromatic carbocycles. The van der Waals surface area contributed by atoms with Gasteiger partial charge in [-0.05, 0) is 18.6 Å². The lowest BCUT2D eigenvalue weighted by Gasteiger charge is -2.15. The molecule has 5 nitrogen and oxygen atoms in total. The van der Waals surface area contributed by atoms with E-state index >= 15 is 0 Å². The molecule has 1 aromatic rings. The maximum Gasteiger partial charge on any atom is 0.237 e. The number of likely N-dealkylation sites (tertiary alicyclic amines) is 1. The molecule has 2 heterocycles. The van der Waals surface area contributed by atoms with Gasteiger partial charge in [-0.1, -0.05) is 0 Å². The molecule has 1 aromatic heterocycles. The third-order valence-corrected chi connectivity index (χ3v) is 4.88. The van der Waals surface area contributed by atoms with Crippen LogP contribution in [-0.2, 0) is 20.3 Å². The number of hydrogen-bond acceptors (Lipinski definition) is 4. The average Bonchev–Trinajstić information content (AvgIpc) is 2.88. The van der Waals surface area contributed by atoms with Crippen molar-refractivity contribution in [3.8, 4) is 0 Å². The minimum Gasteiger partial charge on any atom is -0.469 e. The number of aryl methyl sites for hydroxylation is 1. The van der Waals surface area contributed by atoms with E-state index in [-0.39, 0.29) is 18.9 Å². The molecule has 18 heavy (non-hydrogen) atoms. The molecular formula is C11H14ClNO4S. The minimum atomic E-state index is -3.65. The lowest BCUT2D eigenvalue weighted by Crippen LogP contribution is -2.28. The van der Waals surface area contributed by atoms with Crippen LogP contribution < -0.4 is 0 Å². The van der Waals surface area contributed by atoms with Gasteiger partial charge in [-0.15, -0.1) is 0 Å². The smallest absolute Gasteiger partial charge is 0.237 e. The predicted octanol–water partition coefficient (Wildman–Crippen LogP) is 1.38. The summed E-state index contributed by atoms with van der Waals surface area (Å²) < 4.78 is 27.5. The van der Waals surface area contributed by atoms with Crippen LogP contribution in [0.1, 0.15) is 18.6 Å². The summed E-state index contributed by atoms with van der Waals surface area (Å²) in [4.78, 5) is 13.2. The number of hydrogen-bond donors (Lipinski definition) is 0. The van der Waals surface area contributed by atoms with E-state index in [2.05, 4.69) is 0 Å². The molecule has 1 aliphatic heterocycles. The van der Waals surface area contributed by atoms with Crippen molar-refractivity contribution in [2.24, 2.45) is 0 Å². The number of amides is 1. The molecule has 0 aliphatic carbocycles. The molecule has 1 amide bonds. The number of halogens is 1. The summed E-state index contributed by atoms with van der Waals surface area (Å²) in [6.07, 6.45) is 3.07. The first-order valence-electron chi connectivity index (χ1n) is 5.70. The highest BCUT2D eigenvalue weighted by Gasteiger charge is 2.36. The van der Waals surface area contributed by atoms with Crippen LogP contribution in [0.3, 0.4) is 0 Å². The Hall–Kier alpha value is -1.01. The Morgan fingerprint density at radius 2 is 2.28 bits per heavy atom. The highest BCUT2D eigenvalue weighted by Crippen LogP contribution is 2.21. The molecule has 1 saturated heterocycles. The normalized spacial score (nSPS) is 20.6. The summed E-state index contributed by atoms with van der Waals surface area (Å²) in [7, 11) is 1.62. The van der Waals surface area contributed by atoms with Gasteiger partial charge in [0.05, 0.1) is 6.26 Å². The third-order valence-electron chi connectivity index (χ3n) is 3.01. The van der Waals surface area contributed by atoms with E-state index in [4.69, 9.17) is 15.1 Å². The van der Waals surface area contributed by atoms with Crippen molar-refractivity contribution in [1.29, 1.82) is 0 Å². The van der Waals surface area contributed by atoms with E-state index in [9.17, 15) is 13.2 Å². The Morgan fingerprint density at radius 3 is 2.83 bits per heavy atom. The van der Waals surface area contributed by atoms with Crippen LogP contribution in [-0.4, -0.2) is 37.6 Å². The molecule has 0 spiro atoms. The third kappa shape index (κ3) is 3.26. The number of carbonyl (C=O) groups excluding carboxylic acids is 1. The lowest BCUT2D eigenvalue weighted by molar-refractivity contribution is -0.127. The van der Waals surface area contributed by atoms with E-state index < -0.39 is 14.3 Å². The number of furan rings is 1. The van der Waals surface area contributed by atoms with Crippen molar-refractivity contribution in [2.45, 2.75) is 24.5 Å². The first-order chi connectivity index (χ1) is 8.47. The zero-order valence-corrected chi connectivity index (χ0v) is 11.3. The summed E-state index contributed by atoms with van der Waals surface area (Å²) in [5, 5.41) is -0.768. The maximum atomic E-state index is 11.6. The maximum absolute atomic E-state index is 11.6. The van der Waals surface area contributed by atoms with Gasteiger partial charge in [0.25, 0.3) is 0 Å². The standard InChI is InChI=1S/C11H14ClNO4S/c12-18(15,16)10-7-11(14)13(8-10)5-1-3-9-4-2-6-17-9/h2,4,6,10H,1,3,5,7-8H2. The van der Waals surface area contributed by atoms with Gasteiger partial charge in [-0.2, -0.15) is 0 Å². The Labute approximate surface area is 110 Å². The van der Waals surface area contributed by atoms with Gasteiger partial charge >= 0.3 is 0 Å². The van der Waals surface area contributed by atoms with Crippen LogP contribution in [0.25, 0.3) is 0 Å². The van der Waals surface area contributed by atoms with Crippen LogP contribution in [0, 0.1) is 0 Å². The fourth-order valence-corrected chi connectivity index (χ4v) is 3.10. The molecule has 2 rings (SSSR count). The molecule has 1 aliphatic rings. The molecule has 100 valence electrons. The van der Waals surface area contributed by atoms with Crippen LogP contribution in [0.2, 0.25) is 0 Å². The van der Waals surface area contributed by atoms with Crippen molar-refractivity contribution in [1.82, 2.24) is 4.90 Å². The molecular weight excluding hydrogens is 278 g/mol. The van der Waals surface area contributed by atoms with Crippen molar-refractivity contribution in [3.63, 3.8) is 0 Å². The van der Waals surface area contributed by atoms with Crippen molar-refractivity contribution >= 4 is 25.6 Å². The summed E-state index contributed by atoms with van der Waals surface area (Å²) >= 11 is 0. The topological polar surface area (TPSA) is 67.6 Å². The fourth-order valence-electron chi connectivity index (χ4n) is 2.04. The average molecular weight is 292 g/mol. The Morgan fingerprint density at radius 1 is 1.50 bits per heavy atom. The Balaban J connectivity index is 1.82. The van der Waals surface area contributed by atoms with Crippen LogP contribution in [0.5, 0.6) is 0 Å². The van der Waals surface area contributed by atoms with Gasteiger partial charge in [-0.3, -0.25) is 4.79 Å². The van der Waals surface area contributed by atoms with E-state index in [1.165, 1.54) is 0 Å². The zero-order chi connectivity index (χ0) is 13.2. The summed E-state index contributed by atoms with van der Waals surface area (Å²) in [5.41, 5.74) is 0. The van der Waals surface area contributed by atoms with Crippen molar-refractivity contribution < 1.29 is 17.6 Å². The second kappa shape index (κ2) is 5.32. The fraction of sp³-hybridized carbons (Fsp3) is 0.545. The van der Waals surface area contributed by atoms with Gasteiger partial charge in [0, 0.05) is 36.6 Å². The van der Waals surface area contributed by atoms with Crippen molar-refractivity contribution in [3.05, 3.63) is 24.2 Å². The minimum absolute atomic E-state index is 0.00736. The molecule has 0 bridgehead atoms. The largest absolute Gasteiger partial charge is 0.469 e. The Bertz CT molecular complexity index is 511. The summed E-state index contributed by atoms with van der Waals surface area (Å²) in [6, 6.07) is 3.68. The number of rotatable bonds is 5. The molecule has 1 fully saturated rings. The van der Waals surface area contributed by atoms with E-state index in [0.717, 1.165) is 18.6 Å². The van der Waals surface area contributed by atoms with Crippen LogP contribution in [0.15, 0.2) is 22.8 Å². The van der Waals surface area contributed by atoms with E-state index in [1.54, 1.807) is 11.2 Å². The van der Waals surface area contributed by atoms with Gasteiger partial charge in [0.15, 0.2) is 0 Å². The zero-order valence-electron chi connectivity index (χ0n) is 9.71. The monoisotopic (exact) mass is 291 g/mol. The second-order valence-corrected chi connectivity index (χ2v) is 7.23. The number of carbonyl (C=O) groups is 1. The van der Waals surface area contributed by atoms with E-state index in [1.807, 2.05) is 12.1 Å². The predicted molar refractivity (Wildman–Crippen MR) is 66.8 cm³/mol. The Kier molecular flexibility index (Phi) is 3.97. The number of nitrogens with zero attached hydrogens (tertiary/aromatic N) is 1. The molecule has 1 unspecified atom stereocenters. The molecule has 7 heteroatoms. The quantitative estimate of drug-likeness (QED) is 0.769. The van der Waals surface area contributed by atoms with Crippen LogP contribution >= 0.6 is 10.7 Å². The first-order valence-corrected chi connectivity index (χ1v) is 8.07. The van der Waals surface area contributed by atoms with Crippen LogP contribution in [0.4, 0.5) is 0 Å². The second-order valence-electron chi connectivity index (χ2n) is 4.32. The van der Waals surface area contributed by atoms with E-state index in [0.29, 0.717) is 6.54 Å². The summed E-state index contributed by atoms with van der Waals surface area (Å²) in [6.45, 7) is 0.727.